The van der Waals surface area contributed by atoms with Crippen molar-refractivity contribution in [3.05, 3.63) is 40.4 Å². The molecule has 0 saturated heterocycles. The Morgan fingerprint density at radius 2 is 2.28 bits per heavy atom. The number of hydrogen-bond acceptors (Lipinski definition) is 4. The Morgan fingerprint density at radius 3 is 2.83 bits per heavy atom. The van der Waals surface area contributed by atoms with Gasteiger partial charge in [-0.2, -0.15) is 4.80 Å². The van der Waals surface area contributed by atoms with Gasteiger partial charge in [0.15, 0.2) is 5.82 Å². The molecule has 0 aliphatic carbocycles. The predicted octanol–water partition coefficient (Wildman–Crippen LogP) is 1.51. The lowest BCUT2D eigenvalue weighted by Crippen LogP contribution is -2.20. The van der Waals surface area contributed by atoms with E-state index in [-0.39, 0.29) is 11.9 Å². The van der Waals surface area contributed by atoms with Crippen LogP contribution in [-0.2, 0) is 13.5 Å². The maximum atomic E-state index is 13.8. The summed E-state index contributed by atoms with van der Waals surface area (Å²) >= 11 is 5.73. The number of aromatic nitrogens is 4. The number of nitrogens with one attached hydrogen (secondary N) is 1. The normalized spacial score (nSPS) is 12.7. The zero-order valence-corrected chi connectivity index (χ0v) is 10.8. The number of hydrogen-bond donors (Lipinski definition) is 1. The van der Waals surface area contributed by atoms with Gasteiger partial charge in [0.05, 0.1) is 7.05 Å². The highest BCUT2D eigenvalue weighted by atomic mass is 35.5. The highest BCUT2D eigenvalue weighted by molar-refractivity contribution is 6.30. The van der Waals surface area contributed by atoms with E-state index in [1.807, 2.05) is 0 Å². The Hall–Kier alpha value is -1.53. The largest absolute Gasteiger partial charge is 0.313 e. The first-order valence-electron chi connectivity index (χ1n) is 5.45. The first kappa shape index (κ1) is 12.9. The van der Waals surface area contributed by atoms with E-state index < -0.39 is 0 Å². The molecule has 7 heteroatoms. The molecule has 2 rings (SSSR count). The fourth-order valence-electron chi connectivity index (χ4n) is 1.74. The molecule has 1 aromatic heterocycles. The quantitative estimate of drug-likeness (QED) is 0.914. The molecule has 96 valence electrons. The Bertz CT molecular complexity index is 542. The zero-order valence-electron chi connectivity index (χ0n) is 10.1. The number of rotatable bonds is 4. The summed E-state index contributed by atoms with van der Waals surface area (Å²) in [5.41, 5.74) is 0.536. The molecule has 18 heavy (non-hydrogen) atoms. The average molecular weight is 270 g/mol. The molecule has 5 nitrogen and oxygen atoms in total. The Kier molecular flexibility index (Phi) is 3.88. The van der Waals surface area contributed by atoms with Crippen LogP contribution < -0.4 is 5.32 Å². The Labute approximate surface area is 109 Å². The van der Waals surface area contributed by atoms with Crippen molar-refractivity contribution in [2.24, 2.45) is 7.05 Å². The van der Waals surface area contributed by atoms with Crippen molar-refractivity contribution in [1.29, 1.82) is 0 Å². The van der Waals surface area contributed by atoms with Gasteiger partial charge in [-0.05, 0) is 24.4 Å². The van der Waals surface area contributed by atoms with Crippen molar-refractivity contribution in [2.75, 3.05) is 7.05 Å². The van der Waals surface area contributed by atoms with E-state index >= 15 is 0 Å². The molecule has 1 unspecified atom stereocenters. The van der Waals surface area contributed by atoms with Crippen molar-refractivity contribution in [1.82, 2.24) is 25.5 Å². The standard InChI is InChI=1S/C11H13ClFN5/c1-14-10(6-11-15-17-18(2)16-11)8-4-3-7(12)5-9(8)13/h3-5,10,14H,6H2,1-2H3. The van der Waals surface area contributed by atoms with Crippen LogP contribution in [0.4, 0.5) is 4.39 Å². The maximum absolute atomic E-state index is 13.8. The third-order valence-electron chi connectivity index (χ3n) is 2.62. The van der Waals surface area contributed by atoms with Crippen LogP contribution in [-0.4, -0.2) is 27.3 Å². The number of nitrogens with zero attached hydrogens (tertiary/aromatic N) is 4. The number of tetrazole rings is 1. The Morgan fingerprint density at radius 1 is 1.50 bits per heavy atom. The number of likely N-dealkylation sites (N-methyl/N-ethyl adjacent to an activating group) is 1. The van der Waals surface area contributed by atoms with E-state index in [1.54, 1.807) is 26.2 Å². The van der Waals surface area contributed by atoms with Crippen LogP contribution in [0.1, 0.15) is 17.4 Å². The monoisotopic (exact) mass is 269 g/mol. The fraction of sp³-hybridized carbons (Fsp3) is 0.364. The molecule has 1 heterocycles. The molecular formula is C11H13ClFN5. The molecule has 0 amide bonds. The average Bonchev–Trinajstić information content (AvgIpc) is 2.72. The topological polar surface area (TPSA) is 55.6 Å². The lowest BCUT2D eigenvalue weighted by Gasteiger charge is -2.15. The number of aryl methyl sites for hydroxylation is 1. The van der Waals surface area contributed by atoms with Crippen molar-refractivity contribution in [2.45, 2.75) is 12.5 Å². The van der Waals surface area contributed by atoms with Gasteiger partial charge in [-0.15, -0.1) is 10.2 Å². The minimum Gasteiger partial charge on any atom is -0.313 e. The second kappa shape index (κ2) is 5.41. The first-order chi connectivity index (χ1) is 8.60. The van der Waals surface area contributed by atoms with Crippen LogP contribution in [0.3, 0.4) is 0 Å². The summed E-state index contributed by atoms with van der Waals surface area (Å²) in [5, 5.41) is 15.1. The SMILES string of the molecule is CNC(Cc1nnn(C)n1)c1ccc(Cl)cc1F. The van der Waals surface area contributed by atoms with E-state index in [9.17, 15) is 4.39 Å². The number of benzene rings is 1. The molecular weight excluding hydrogens is 257 g/mol. The second-order valence-electron chi connectivity index (χ2n) is 3.91. The molecule has 2 aromatic rings. The maximum Gasteiger partial charge on any atom is 0.176 e. The minimum absolute atomic E-state index is 0.216. The van der Waals surface area contributed by atoms with Crippen LogP contribution in [0.15, 0.2) is 18.2 Å². The van der Waals surface area contributed by atoms with Crippen LogP contribution in [0.2, 0.25) is 5.02 Å². The summed E-state index contributed by atoms with van der Waals surface area (Å²) in [6.07, 6.45) is 0.461. The van der Waals surface area contributed by atoms with Gasteiger partial charge in [-0.1, -0.05) is 17.7 Å². The van der Waals surface area contributed by atoms with E-state index in [1.165, 1.54) is 10.9 Å². The summed E-state index contributed by atoms with van der Waals surface area (Å²) in [6.45, 7) is 0. The van der Waals surface area contributed by atoms with Gasteiger partial charge in [-0.25, -0.2) is 4.39 Å². The molecule has 0 aliphatic rings. The van der Waals surface area contributed by atoms with Gasteiger partial charge in [-0.3, -0.25) is 0 Å². The van der Waals surface area contributed by atoms with Gasteiger partial charge in [0.1, 0.15) is 5.82 Å². The van der Waals surface area contributed by atoms with Crippen LogP contribution >= 0.6 is 11.6 Å². The lowest BCUT2D eigenvalue weighted by atomic mass is 10.0. The summed E-state index contributed by atoms with van der Waals surface area (Å²) in [5.74, 6) is 0.219. The molecule has 1 N–H and O–H groups in total. The minimum atomic E-state index is -0.342. The highest BCUT2D eigenvalue weighted by Crippen LogP contribution is 2.22. The first-order valence-corrected chi connectivity index (χ1v) is 5.83. The summed E-state index contributed by atoms with van der Waals surface area (Å²) in [7, 11) is 3.45. The molecule has 1 aromatic carbocycles. The highest BCUT2D eigenvalue weighted by Gasteiger charge is 2.17. The van der Waals surface area contributed by atoms with E-state index in [0.717, 1.165) is 0 Å². The molecule has 0 radical (unpaired) electrons. The van der Waals surface area contributed by atoms with Crippen molar-refractivity contribution in [3.63, 3.8) is 0 Å². The predicted molar refractivity (Wildman–Crippen MR) is 65.7 cm³/mol. The lowest BCUT2D eigenvalue weighted by molar-refractivity contribution is 0.524. The van der Waals surface area contributed by atoms with Crippen molar-refractivity contribution < 1.29 is 4.39 Å². The molecule has 0 spiro atoms. The van der Waals surface area contributed by atoms with Crippen molar-refractivity contribution in [3.8, 4) is 0 Å². The number of halogens is 2. The summed E-state index contributed by atoms with van der Waals surface area (Å²) < 4.78 is 13.8. The smallest absolute Gasteiger partial charge is 0.176 e. The van der Waals surface area contributed by atoms with Crippen LogP contribution in [0.5, 0.6) is 0 Å². The molecule has 1 atom stereocenters. The summed E-state index contributed by atoms with van der Waals surface area (Å²) in [4.78, 5) is 1.38. The van der Waals surface area contributed by atoms with Gasteiger partial charge >= 0.3 is 0 Å². The third-order valence-corrected chi connectivity index (χ3v) is 2.86. The zero-order chi connectivity index (χ0) is 13.1. The van der Waals surface area contributed by atoms with Crippen LogP contribution in [0.25, 0.3) is 0 Å². The van der Waals surface area contributed by atoms with Gasteiger partial charge in [0, 0.05) is 23.0 Å². The van der Waals surface area contributed by atoms with Gasteiger partial charge < -0.3 is 5.32 Å². The summed E-state index contributed by atoms with van der Waals surface area (Å²) in [6, 6.07) is 4.40. The van der Waals surface area contributed by atoms with Crippen molar-refractivity contribution >= 4 is 11.6 Å². The molecule has 0 saturated carbocycles. The molecule has 0 aliphatic heterocycles. The molecule has 0 bridgehead atoms. The van der Waals surface area contributed by atoms with E-state index in [2.05, 4.69) is 20.7 Å². The fourth-order valence-corrected chi connectivity index (χ4v) is 1.90. The van der Waals surface area contributed by atoms with Crippen LogP contribution in [0, 0.1) is 5.82 Å². The second-order valence-corrected chi connectivity index (χ2v) is 4.34. The van der Waals surface area contributed by atoms with Gasteiger partial charge in [0.25, 0.3) is 0 Å². The Balaban J connectivity index is 2.22. The third kappa shape index (κ3) is 2.83. The van der Waals surface area contributed by atoms with E-state index in [0.29, 0.717) is 22.8 Å². The molecule has 0 fully saturated rings. The van der Waals surface area contributed by atoms with E-state index in [4.69, 9.17) is 11.6 Å². The van der Waals surface area contributed by atoms with Gasteiger partial charge in [0.2, 0.25) is 0 Å².